The molecule has 0 fully saturated rings. The van der Waals surface area contributed by atoms with Crippen molar-refractivity contribution < 1.29 is 28.6 Å². The summed E-state index contributed by atoms with van der Waals surface area (Å²) in [6.07, 6.45) is 75.2. The van der Waals surface area contributed by atoms with Crippen LogP contribution in [-0.2, 0) is 28.6 Å². The van der Waals surface area contributed by atoms with Gasteiger partial charge >= 0.3 is 17.9 Å². The quantitative estimate of drug-likeness (QED) is 0.0261. The molecule has 0 bridgehead atoms. The van der Waals surface area contributed by atoms with Gasteiger partial charge in [0.15, 0.2) is 6.10 Å². The Morgan fingerprint density at radius 3 is 0.676 bits per heavy atom. The second kappa shape index (κ2) is 63.7. The van der Waals surface area contributed by atoms with E-state index in [9.17, 15) is 14.4 Å². The molecule has 0 aliphatic rings. The van der Waals surface area contributed by atoms with Crippen LogP contribution in [0.5, 0.6) is 0 Å². The molecule has 1 atom stereocenters. The molecule has 1 unspecified atom stereocenters. The van der Waals surface area contributed by atoms with Gasteiger partial charge in [0.2, 0.25) is 0 Å². The Bertz CT molecular complexity index is 1150. The van der Waals surface area contributed by atoms with Crippen molar-refractivity contribution in [3.8, 4) is 0 Å². The summed E-state index contributed by atoms with van der Waals surface area (Å²) in [7, 11) is 0. The maximum absolute atomic E-state index is 12.9. The lowest BCUT2D eigenvalue weighted by Crippen LogP contribution is -2.30. The maximum Gasteiger partial charge on any atom is 0.306 e. The number of carbonyl (C=O) groups excluding carboxylic acids is 3. The largest absolute Gasteiger partial charge is 0.462 e. The lowest BCUT2D eigenvalue weighted by molar-refractivity contribution is -0.167. The van der Waals surface area contributed by atoms with Gasteiger partial charge in [-0.3, -0.25) is 14.4 Å². The summed E-state index contributed by atoms with van der Waals surface area (Å²) in [5.41, 5.74) is 0. The van der Waals surface area contributed by atoms with E-state index >= 15 is 0 Å². The molecule has 74 heavy (non-hydrogen) atoms. The van der Waals surface area contributed by atoms with E-state index in [-0.39, 0.29) is 31.1 Å². The van der Waals surface area contributed by atoms with Gasteiger partial charge in [-0.1, -0.05) is 335 Å². The van der Waals surface area contributed by atoms with E-state index < -0.39 is 6.10 Å². The zero-order valence-corrected chi connectivity index (χ0v) is 50.4. The van der Waals surface area contributed by atoms with Crippen LogP contribution in [-0.4, -0.2) is 37.2 Å². The van der Waals surface area contributed by atoms with Crippen LogP contribution in [0.1, 0.15) is 387 Å². The van der Waals surface area contributed by atoms with Crippen LogP contribution in [0.25, 0.3) is 0 Å². The minimum absolute atomic E-state index is 0.0628. The van der Waals surface area contributed by atoms with E-state index in [4.69, 9.17) is 14.2 Å². The summed E-state index contributed by atoms with van der Waals surface area (Å²) >= 11 is 0. The van der Waals surface area contributed by atoms with Crippen molar-refractivity contribution in [2.75, 3.05) is 13.2 Å². The molecule has 0 saturated heterocycles. The first-order valence-corrected chi connectivity index (χ1v) is 33.7. The van der Waals surface area contributed by atoms with Gasteiger partial charge in [-0.15, -0.1) is 0 Å². The number of allylic oxidation sites excluding steroid dienone is 2. The molecule has 438 valence electrons. The van der Waals surface area contributed by atoms with E-state index in [0.29, 0.717) is 19.3 Å². The lowest BCUT2D eigenvalue weighted by atomic mass is 10.0. The Hall–Kier alpha value is -1.85. The summed E-state index contributed by atoms with van der Waals surface area (Å²) in [6, 6.07) is 0. The van der Waals surface area contributed by atoms with Crippen LogP contribution in [0, 0.1) is 0 Å². The van der Waals surface area contributed by atoms with Gasteiger partial charge in [0.05, 0.1) is 0 Å². The zero-order valence-electron chi connectivity index (χ0n) is 50.4. The van der Waals surface area contributed by atoms with Crippen molar-refractivity contribution in [3.05, 3.63) is 12.2 Å². The van der Waals surface area contributed by atoms with E-state index in [1.807, 2.05) is 0 Å². The second-order valence-corrected chi connectivity index (χ2v) is 23.1. The van der Waals surface area contributed by atoms with E-state index in [0.717, 1.165) is 57.8 Å². The summed E-state index contributed by atoms with van der Waals surface area (Å²) in [5.74, 6) is -0.831. The topological polar surface area (TPSA) is 78.9 Å². The first-order valence-electron chi connectivity index (χ1n) is 33.7. The molecule has 0 rings (SSSR count). The second-order valence-electron chi connectivity index (χ2n) is 23.1. The van der Waals surface area contributed by atoms with Crippen molar-refractivity contribution in [2.45, 2.75) is 393 Å². The predicted molar refractivity (Wildman–Crippen MR) is 321 cm³/mol. The molecule has 0 aromatic rings. The monoisotopic (exact) mass is 1040 g/mol. The number of rotatable bonds is 63. The van der Waals surface area contributed by atoms with Crippen molar-refractivity contribution in [1.82, 2.24) is 0 Å². The van der Waals surface area contributed by atoms with Crippen LogP contribution in [0.15, 0.2) is 12.2 Å². The molecule has 6 heteroatoms. The molecule has 0 heterocycles. The Balaban J connectivity index is 4.14. The van der Waals surface area contributed by atoms with Crippen molar-refractivity contribution >= 4 is 17.9 Å². The zero-order chi connectivity index (χ0) is 53.6. The molecule has 0 radical (unpaired) electrons. The molecule has 0 saturated carbocycles. The third-order valence-electron chi connectivity index (χ3n) is 15.5. The Morgan fingerprint density at radius 1 is 0.257 bits per heavy atom. The third-order valence-corrected chi connectivity index (χ3v) is 15.5. The van der Waals surface area contributed by atoms with Crippen LogP contribution >= 0.6 is 0 Å². The molecular formula is C68H130O6. The standard InChI is InChI=1S/C68H130O6/c1-4-7-10-13-16-19-22-24-26-28-30-31-32-33-34-35-36-37-38-40-41-43-46-49-52-55-58-61-67(70)73-64-65(63-72-66(69)60-57-54-51-48-45-21-18-15-12-9-6-3)74-68(71)62-59-56-53-50-47-44-42-39-29-27-25-23-20-17-14-11-8-5-2/h28,30,65H,4-27,29,31-64H2,1-3H3/b30-28-. The van der Waals surface area contributed by atoms with Gasteiger partial charge in [-0.05, 0) is 44.9 Å². The molecule has 0 N–H and O–H groups in total. The van der Waals surface area contributed by atoms with Gasteiger partial charge in [0.1, 0.15) is 13.2 Å². The summed E-state index contributed by atoms with van der Waals surface area (Å²) in [4.78, 5) is 38.3. The summed E-state index contributed by atoms with van der Waals surface area (Å²) < 4.78 is 16.9. The number of ether oxygens (including phenoxy) is 3. The minimum Gasteiger partial charge on any atom is -0.462 e. The highest BCUT2D eigenvalue weighted by Crippen LogP contribution is 2.18. The van der Waals surface area contributed by atoms with Gasteiger partial charge in [-0.2, -0.15) is 0 Å². The van der Waals surface area contributed by atoms with Gasteiger partial charge in [-0.25, -0.2) is 0 Å². The van der Waals surface area contributed by atoms with Crippen LogP contribution < -0.4 is 0 Å². The number of hydrogen-bond donors (Lipinski definition) is 0. The Morgan fingerprint density at radius 2 is 0.446 bits per heavy atom. The lowest BCUT2D eigenvalue weighted by Gasteiger charge is -2.18. The molecule has 0 amide bonds. The van der Waals surface area contributed by atoms with Crippen molar-refractivity contribution in [3.63, 3.8) is 0 Å². The summed E-state index contributed by atoms with van der Waals surface area (Å²) in [6.45, 7) is 6.71. The van der Waals surface area contributed by atoms with E-state index in [1.54, 1.807) is 0 Å². The van der Waals surface area contributed by atoms with Crippen LogP contribution in [0.4, 0.5) is 0 Å². The molecule has 0 aromatic heterocycles. The summed E-state index contributed by atoms with van der Waals surface area (Å²) in [5, 5.41) is 0. The van der Waals surface area contributed by atoms with E-state index in [1.165, 1.54) is 289 Å². The highest BCUT2D eigenvalue weighted by atomic mass is 16.6. The van der Waals surface area contributed by atoms with Crippen LogP contribution in [0.2, 0.25) is 0 Å². The highest BCUT2D eigenvalue weighted by molar-refractivity contribution is 5.71. The number of carbonyl (C=O) groups is 3. The smallest absolute Gasteiger partial charge is 0.306 e. The molecule has 0 aliphatic carbocycles. The predicted octanol–water partition coefficient (Wildman–Crippen LogP) is 22.8. The first-order chi connectivity index (χ1) is 36.5. The van der Waals surface area contributed by atoms with Gasteiger partial charge < -0.3 is 14.2 Å². The number of hydrogen-bond acceptors (Lipinski definition) is 6. The normalized spacial score (nSPS) is 12.0. The number of esters is 3. The first kappa shape index (κ1) is 72.2. The van der Waals surface area contributed by atoms with Gasteiger partial charge in [0.25, 0.3) is 0 Å². The average molecular weight is 1040 g/mol. The van der Waals surface area contributed by atoms with Gasteiger partial charge in [0, 0.05) is 19.3 Å². The van der Waals surface area contributed by atoms with Crippen molar-refractivity contribution in [2.24, 2.45) is 0 Å². The molecular weight excluding hydrogens is 913 g/mol. The third kappa shape index (κ3) is 61.0. The Labute approximate surface area is 462 Å². The Kier molecular flexibility index (Phi) is 62.1. The molecule has 0 spiro atoms. The fourth-order valence-corrected chi connectivity index (χ4v) is 10.4. The molecule has 6 nitrogen and oxygen atoms in total. The molecule has 0 aliphatic heterocycles. The SMILES string of the molecule is CCCCCCCCCC/C=C\CCCCCCCCCCCCCCCCCC(=O)OCC(COC(=O)CCCCCCCCCCCCC)OC(=O)CCCCCCCCCCCCCCCCCCCC. The fraction of sp³-hybridized carbons (Fsp3) is 0.926. The number of unbranched alkanes of at least 4 members (excludes halogenated alkanes) is 50. The minimum atomic E-state index is -0.764. The maximum atomic E-state index is 12.9. The fourth-order valence-electron chi connectivity index (χ4n) is 10.4. The molecule has 0 aromatic carbocycles. The highest BCUT2D eigenvalue weighted by Gasteiger charge is 2.19. The average Bonchev–Trinajstić information content (AvgIpc) is 3.40. The van der Waals surface area contributed by atoms with Crippen LogP contribution in [0.3, 0.4) is 0 Å². The van der Waals surface area contributed by atoms with E-state index in [2.05, 4.69) is 32.9 Å². The van der Waals surface area contributed by atoms with Crippen molar-refractivity contribution in [1.29, 1.82) is 0 Å².